The number of hydrogen-bond acceptors (Lipinski definition) is 2. The topological polar surface area (TPSA) is 38.3 Å². The molecule has 126 valence electrons. The summed E-state index contributed by atoms with van der Waals surface area (Å²) in [5, 5.41) is 3.04. The quantitative estimate of drug-likeness (QED) is 0.924. The Morgan fingerprint density at radius 2 is 1.96 bits per heavy atom. The summed E-state index contributed by atoms with van der Waals surface area (Å²) in [7, 11) is 0. The Hall–Kier alpha value is -1.49. The van der Waals surface area contributed by atoms with E-state index in [4.69, 9.17) is 4.74 Å². The highest BCUT2D eigenvalue weighted by Gasteiger charge is 2.50. The molecule has 1 saturated carbocycles. The minimum atomic E-state index is -0.861. The largest absolute Gasteiger partial charge is 0.367 e. The van der Waals surface area contributed by atoms with Gasteiger partial charge < -0.3 is 10.1 Å². The molecule has 0 bridgehead atoms. The molecule has 1 N–H and O–H groups in total. The summed E-state index contributed by atoms with van der Waals surface area (Å²) in [6, 6.07) is 4.06. The minimum Gasteiger partial charge on any atom is -0.367 e. The zero-order valence-electron chi connectivity index (χ0n) is 14.0. The van der Waals surface area contributed by atoms with E-state index in [0.29, 0.717) is 12.0 Å². The zero-order chi connectivity index (χ0) is 17.0. The molecule has 0 radical (unpaired) electrons. The van der Waals surface area contributed by atoms with Crippen LogP contribution in [0.5, 0.6) is 0 Å². The first-order valence-electron chi connectivity index (χ1n) is 8.05. The summed E-state index contributed by atoms with van der Waals surface area (Å²) in [5.74, 6) is -2.31. The van der Waals surface area contributed by atoms with Gasteiger partial charge in [0.15, 0.2) is 11.6 Å². The van der Waals surface area contributed by atoms with Crippen LogP contribution in [-0.2, 0) is 9.53 Å². The number of hydrogen-bond donors (Lipinski definition) is 1. The molecule has 3 atom stereocenters. The van der Waals surface area contributed by atoms with Crippen molar-refractivity contribution < 1.29 is 18.3 Å². The Morgan fingerprint density at radius 1 is 1.26 bits per heavy atom. The van der Waals surface area contributed by atoms with Crippen LogP contribution in [0.3, 0.4) is 0 Å². The Kier molecular flexibility index (Phi) is 3.75. The Balaban J connectivity index is 1.66. The summed E-state index contributed by atoms with van der Waals surface area (Å²) < 4.78 is 33.1. The van der Waals surface area contributed by atoms with E-state index in [-0.39, 0.29) is 29.4 Å². The molecule has 5 heteroatoms. The fourth-order valence-electron chi connectivity index (χ4n) is 3.70. The molecule has 3 rings (SSSR count). The van der Waals surface area contributed by atoms with Crippen molar-refractivity contribution in [2.24, 2.45) is 5.92 Å². The number of ether oxygens (including phenoxy) is 1. The van der Waals surface area contributed by atoms with Crippen molar-refractivity contribution in [3.8, 4) is 0 Å². The molecule has 1 aromatic rings. The number of nitrogens with one attached hydrogen (secondary N) is 1. The highest BCUT2D eigenvalue weighted by Crippen LogP contribution is 2.49. The van der Waals surface area contributed by atoms with Crippen LogP contribution in [0.25, 0.3) is 0 Å². The van der Waals surface area contributed by atoms with E-state index < -0.39 is 17.2 Å². The Morgan fingerprint density at radius 3 is 2.57 bits per heavy atom. The van der Waals surface area contributed by atoms with E-state index in [1.54, 1.807) is 6.07 Å². The Bertz CT molecular complexity index is 642. The molecule has 3 nitrogen and oxygen atoms in total. The van der Waals surface area contributed by atoms with Gasteiger partial charge in [0.2, 0.25) is 5.91 Å². The van der Waals surface area contributed by atoms with Crippen molar-refractivity contribution in [2.75, 3.05) is 0 Å². The van der Waals surface area contributed by atoms with E-state index in [2.05, 4.69) is 5.32 Å². The van der Waals surface area contributed by atoms with Gasteiger partial charge in [0.1, 0.15) is 0 Å². The number of rotatable bonds is 3. The molecule has 1 aliphatic heterocycles. The lowest BCUT2D eigenvalue weighted by atomic mass is 9.94. The van der Waals surface area contributed by atoms with Gasteiger partial charge in [0.25, 0.3) is 0 Å². The lowest BCUT2D eigenvalue weighted by Crippen LogP contribution is -2.46. The molecule has 0 unspecified atom stereocenters. The van der Waals surface area contributed by atoms with Gasteiger partial charge in [-0.3, -0.25) is 4.79 Å². The molecule has 1 amide bonds. The molecule has 2 aliphatic rings. The maximum Gasteiger partial charge on any atom is 0.224 e. The first-order valence-corrected chi connectivity index (χ1v) is 8.05. The fourth-order valence-corrected chi connectivity index (χ4v) is 3.70. The van der Waals surface area contributed by atoms with Crippen molar-refractivity contribution in [1.82, 2.24) is 5.32 Å². The van der Waals surface area contributed by atoms with Crippen LogP contribution in [0.4, 0.5) is 8.78 Å². The van der Waals surface area contributed by atoms with Gasteiger partial charge in [0, 0.05) is 5.92 Å². The van der Waals surface area contributed by atoms with E-state index in [1.165, 1.54) is 6.07 Å². The molecule has 2 fully saturated rings. The lowest BCUT2D eigenvalue weighted by Gasteiger charge is -2.27. The average Bonchev–Trinajstić information content (AvgIpc) is 3.16. The van der Waals surface area contributed by atoms with Crippen molar-refractivity contribution in [3.05, 3.63) is 35.4 Å². The summed E-state index contributed by atoms with van der Waals surface area (Å²) in [4.78, 5) is 12.5. The normalized spacial score (nSPS) is 31.0. The van der Waals surface area contributed by atoms with E-state index >= 15 is 0 Å². The van der Waals surface area contributed by atoms with Crippen LogP contribution < -0.4 is 5.32 Å². The van der Waals surface area contributed by atoms with E-state index in [9.17, 15) is 13.6 Å². The van der Waals surface area contributed by atoms with Crippen LogP contribution >= 0.6 is 0 Å². The molecule has 1 aromatic carbocycles. The van der Waals surface area contributed by atoms with Gasteiger partial charge in [-0.15, -0.1) is 0 Å². The Labute approximate surface area is 135 Å². The first-order chi connectivity index (χ1) is 10.6. The molecule has 1 saturated heterocycles. The molecular formula is C18H23F2NO2. The second kappa shape index (κ2) is 5.26. The molecule has 0 spiro atoms. The smallest absolute Gasteiger partial charge is 0.224 e. The maximum absolute atomic E-state index is 13.8. The third kappa shape index (κ3) is 3.11. The van der Waals surface area contributed by atoms with Gasteiger partial charge in [-0.1, -0.05) is 12.1 Å². The number of carbonyl (C=O) groups excluding carboxylic acids is 1. The van der Waals surface area contributed by atoms with Gasteiger partial charge in [-0.2, -0.15) is 0 Å². The predicted molar refractivity (Wildman–Crippen MR) is 83.0 cm³/mol. The summed E-state index contributed by atoms with van der Waals surface area (Å²) in [6.45, 7) is 7.93. The van der Waals surface area contributed by atoms with Gasteiger partial charge >= 0.3 is 0 Å². The third-order valence-electron chi connectivity index (χ3n) is 4.90. The average molecular weight is 323 g/mol. The maximum atomic E-state index is 13.8. The molecule has 1 heterocycles. The molecule has 23 heavy (non-hydrogen) atoms. The molecular weight excluding hydrogens is 300 g/mol. The number of amides is 1. The van der Waals surface area contributed by atoms with Gasteiger partial charge in [-0.25, -0.2) is 8.78 Å². The van der Waals surface area contributed by atoms with Crippen LogP contribution in [0.1, 0.15) is 52.0 Å². The predicted octanol–water partition coefficient (Wildman–Crippen LogP) is 3.53. The third-order valence-corrected chi connectivity index (χ3v) is 4.90. The fraction of sp³-hybridized carbons (Fsp3) is 0.611. The monoisotopic (exact) mass is 323 g/mol. The standard InChI is InChI=1S/C18H23F2NO2/c1-17(2)9-14(18(3,4)23-17)21-16(22)12-8-11(12)10-6-5-7-13(19)15(10)20/h5-7,11-12,14H,8-9H2,1-4H3,(H,21,22)/t11-,12-,14+/m1/s1. The zero-order valence-corrected chi connectivity index (χ0v) is 14.0. The second-order valence-electron chi connectivity index (χ2n) is 7.82. The van der Waals surface area contributed by atoms with Crippen LogP contribution in [0.2, 0.25) is 0 Å². The summed E-state index contributed by atoms with van der Waals surface area (Å²) in [5.41, 5.74) is -0.417. The number of halogens is 2. The van der Waals surface area contributed by atoms with Crippen LogP contribution in [0.15, 0.2) is 18.2 Å². The first kappa shape index (κ1) is 16.4. The van der Waals surface area contributed by atoms with Crippen molar-refractivity contribution in [3.63, 3.8) is 0 Å². The van der Waals surface area contributed by atoms with E-state index in [1.807, 2.05) is 27.7 Å². The molecule has 0 aromatic heterocycles. The van der Waals surface area contributed by atoms with Crippen molar-refractivity contribution in [1.29, 1.82) is 0 Å². The van der Waals surface area contributed by atoms with Gasteiger partial charge in [0.05, 0.1) is 17.2 Å². The summed E-state index contributed by atoms with van der Waals surface area (Å²) >= 11 is 0. The SMILES string of the molecule is CC1(C)C[C@H](NC(=O)[C@@H]2C[C@@H]2c2cccc(F)c2F)C(C)(C)O1. The van der Waals surface area contributed by atoms with Crippen LogP contribution in [0, 0.1) is 17.6 Å². The molecule has 1 aliphatic carbocycles. The second-order valence-corrected chi connectivity index (χ2v) is 7.82. The van der Waals surface area contributed by atoms with Crippen LogP contribution in [-0.4, -0.2) is 23.2 Å². The summed E-state index contributed by atoms with van der Waals surface area (Å²) in [6.07, 6.45) is 1.29. The van der Waals surface area contributed by atoms with Crippen molar-refractivity contribution in [2.45, 2.75) is 63.7 Å². The lowest BCUT2D eigenvalue weighted by molar-refractivity contribution is -0.125. The minimum absolute atomic E-state index is 0.0800. The highest BCUT2D eigenvalue weighted by atomic mass is 19.2. The number of benzene rings is 1. The van der Waals surface area contributed by atoms with E-state index in [0.717, 1.165) is 12.5 Å². The highest BCUT2D eigenvalue weighted by molar-refractivity contribution is 5.83. The number of carbonyl (C=O) groups is 1. The van der Waals surface area contributed by atoms with Gasteiger partial charge in [-0.05, 0) is 58.1 Å². The van der Waals surface area contributed by atoms with Crippen molar-refractivity contribution >= 4 is 5.91 Å².